The molecule has 0 saturated heterocycles. The van der Waals surface area contributed by atoms with Crippen molar-refractivity contribution < 1.29 is 4.79 Å². The van der Waals surface area contributed by atoms with Gasteiger partial charge < -0.3 is 4.90 Å². The Morgan fingerprint density at radius 1 is 1.00 bits per heavy atom. The minimum atomic E-state index is -0.00702. The number of carbonyl (C=O) groups is 1. The summed E-state index contributed by atoms with van der Waals surface area (Å²) in [4.78, 5) is 15.2. The Morgan fingerprint density at radius 2 is 1.71 bits per heavy atom. The van der Waals surface area contributed by atoms with Crippen LogP contribution in [0.5, 0.6) is 0 Å². The van der Waals surface area contributed by atoms with Crippen LogP contribution in [0.1, 0.15) is 48.0 Å². The van der Waals surface area contributed by atoms with Crippen LogP contribution in [0, 0.1) is 0 Å². The molecule has 0 spiro atoms. The van der Waals surface area contributed by atoms with Gasteiger partial charge in [-0.15, -0.1) is 0 Å². The lowest BCUT2D eigenvalue weighted by Crippen LogP contribution is -2.41. The summed E-state index contributed by atoms with van der Waals surface area (Å²) in [6.45, 7) is 0.614. The van der Waals surface area contributed by atoms with E-state index >= 15 is 0 Å². The normalized spacial score (nSPS) is 15.2. The number of nitrogens with zero attached hydrogens (tertiary/aromatic N) is 1. The summed E-state index contributed by atoms with van der Waals surface area (Å²) in [5, 5.41) is 0.963. The summed E-state index contributed by atoms with van der Waals surface area (Å²) in [6, 6.07) is 15.5. The number of rotatable bonds is 4. The van der Waals surface area contributed by atoms with Crippen molar-refractivity contribution in [3.8, 4) is 0 Å². The van der Waals surface area contributed by atoms with Gasteiger partial charge in [-0.2, -0.15) is 0 Å². The highest BCUT2D eigenvalue weighted by Crippen LogP contribution is 2.28. The largest absolute Gasteiger partial charge is 0.331 e. The highest BCUT2D eigenvalue weighted by molar-refractivity contribution is 6.36. The van der Waals surface area contributed by atoms with Gasteiger partial charge >= 0.3 is 0 Å². The molecule has 1 aliphatic rings. The van der Waals surface area contributed by atoms with E-state index in [1.165, 1.54) is 19.3 Å². The first kappa shape index (κ1) is 17.3. The van der Waals surface area contributed by atoms with Crippen molar-refractivity contribution in [3.63, 3.8) is 0 Å². The number of amides is 1. The molecule has 2 aromatic carbocycles. The number of carbonyl (C=O) groups excluding carboxylic acids is 1. The minimum Gasteiger partial charge on any atom is -0.331 e. The molecule has 126 valence electrons. The van der Waals surface area contributed by atoms with Crippen LogP contribution in [-0.2, 0) is 6.54 Å². The van der Waals surface area contributed by atoms with E-state index < -0.39 is 0 Å². The lowest BCUT2D eigenvalue weighted by atomic mass is 9.93. The molecule has 2 nitrogen and oxygen atoms in total. The Hall–Kier alpha value is -1.51. The van der Waals surface area contributed by atoms with Gasteiger partial charge in [0.15, 0.2) is 0 Å². The highest BCUT2D eigenvalue weighted by Gasteiger charge is 2.27. The third-order valence-corrected chi connectivity index (χ3v) is 5.18. The number of hydrogen-bond donors (Lipinski definition) is 0. The summed E-state index contributed by atoms with van der Waals surface area (Å²) < 4.78 is 0. The Bertz CT molecular complexity index is 696. The molecule has 1 aliphatic carbocycles. The molecule has 4 heteroatoms. The van der Waals surface area contributed by atoms with Crippen LogP contribution in [0.25, 0.3) is 0 Å². The molecule has 3 rings (SSSR count). The van der Waals surface area contributed by atoms with Crippen LogP contribution in [0.4, 0.5) is 0 Å². The average molecular weight is 362 g/mol. The Balaban J connectivity index is 1.89. The predicted molar refractivity (Wildman–Crippen MR) is 99.7 cm³/mol. The fourth-order valence-corrected chi connectivity index (χ4v) is 3.85. The number of benzene rings is 2. The molecule has 0 atom stereocenters. The van der Waals surface area contributed by atoms with Gasteiger partial charge in [0, 0.05) is 17.6 Å². The van der Waals surface area contributed by atoms with Crippen molar-refractivity contribution in [2.24, 2.45) is 0 Å². The van der Waals surface area contributed by atoms with Gasteiger partial charge in [0.1, 0.15) is 0 Å². The second kappa shape index (κ2) is 8.04. The van der Waals surface area contributed by atoms with Crippen molar-refractivity contribution in [3.05, 3.63) is 69.7 Å². The Morgan fingerprint density at radius 3 is 2.38 bits per heavy atom. The van der Waals surface area contributed by atoms with Crippen LogP contribution in [0.15, 0.2) is 48.5 Å². The van der Waals surface area contributed by atoms with Crippen molar-refractivity contribution in [1.29, 1.82) is 0 Å². The topological polar surface area (TPSA) is 20.3 Å². The molecule has 0 heterocycles. The van der Waals surface area contributed by atoms with Crippen molar-refractivity contribution in [2.75, 3.05) is 0 Å². The van der Waals surface area contributed by atoms with Crippen LogP contribution in [0.3, 0.4) is 0 Å². The Kier molecular flexibility index (Phi) is 5.80. The first-order valence-corrected chi connectivity index (χ1v) is 9.20. The van der Waals surface area contributed by atoms with E-state index in [0.717, 1.165) is 18.4 Å². The lowest BCUT2D eigenvalue weighted by molar-refractivity contribution is 0.0614. The number of hydrogen-bond acceptors (Lipinski definition) is 1. The van der Waals surface area contributed by atoms with E-state index in [-0.39, 0.29) is 11.9 Å². The maximum absolute atomic E-state index is 13.2. The number of halogens is 2. The SMILES string of the molecule is O=C(c1ccc(Cl)cc1Cl)N(Cc1ccccc1)C1CCCCC1. The molecule has 24 heavy (non-hydrogen) atoms. The van der Waals surface area contributed by atoms with Crippen molar-refractivity contribution in [2.45, 2.75) is 44.7 Å². The summed E-state index contributed by atoms with van der Waals surface area (Å²) >= 11 is 12.2. The van der Waals surface area contributed by atoms with Gasteiger partial charge in [-0.3, -0.25) is 4.79 Å². The summed E-state index contributed by atoms with van der Waals surface area (Å²) in [5.74, 6) is -0.00702. The van der Waals surface area contributed by atoms with Crippen LogP contribution < -0.4 is 0 Å². The van der Waals surface area contributed by atoms with E-state index in [1.54, 1.807) is 18.2 Å². The molecular formula is C20H21Cl2NO. The second-order valence-corrected chi connectivity index (χ2v) is 7.18. The minimum absolute atomic E-state index is 0.00702. The zero-order chi connectivity index (χ0) is 16.9. The molecule has 0 N–H and O–H groups in total. The van der Waals surface area contributed by atoms with Gasteiger partial charge in [0.2, 0.25) is 0 Å². The van der Waals surface area contributed by atoms with E-state index in [2.05, 4.69) is 12.1 Å². The molecular weight excluding hydrogens is 341 g/mol. The van der Waals surface area contributed by atoms with E-state index in [0.29, 0.717) is 22.2 Å². The third kappa shape index (κ3) is 4.12. The monoisotopic (exact) mass is 361 g/mol. The smallest absolute Gasteiger partial charge is 0.255 e. The molecule has 0 unspecified atom stereocenters. The van der Waals surface area contributed by atoms with Gasteiger partial charge in [-0.1, -0.05) is 72.8 Å². The second-order valence-electron chi connectivity index (χ2n) is 6.33. The molecule has 0 bridgehead atoms. The zero-order valence-corrected chi connectivity index (χ0v) is 15.1. The third-order valence-electron chi connectivity index (χ3n) is 4.63. The fraction of sp³-hybridized carbons (Fsp3) is 0.350. The first-order valence-electron chi connectivity index (χ1n) is 8.45. The lowest BCUT2D eigenvalue weighted by Gasteiger charge is -2.35. The Labute approximate surface area is 153 Å². The van der Waals surface area contributed by atoms with Crippen LogP contribution in [-0.4, -0.2) is 16.8 Å². The van der Waals surface area contributed by atoms with E-state index in [1.807, 2.05) is 23.1 Å². The zero-order valence-electron chi connectivity index (χ0n) is 13.6. The highest BCUT2D eigenvalue weighted by atomic mass is 35.5. The molecule has 0 aliphatic heterocycles. The summed E-state index contributed by atoms with van der Waals surface area (Å²) in [5.41, 5.74) is 1.67. The van der Waals surface area contributed by atoms with E-state index in [4.69, 9.17) is 23.2 Å². The van der Waals surface area contributed by atoms with Crippen molar-refractivity contribution in [1.82, 2.24) is 4.90 Å². The average Bonchev–Trinajstić information content (AvgIpc) is 2.61. The fourth-order valence-electron chi connectivity index (χ4n) is 3.36. The maximum Gasteiger partial charge on any atom is 0.255 e. The molecule has 0 aromatic heterocycles. The van der Waals surface area contributed by atoms with Gasteiger partial charge in [0.25, 0.3) is 5.91 Å². The van der Waals surface area contributed by atoms with Crippen molar-refractivity contribution >= 4 is 29.1 Å². The molecule has 1 saturated carbocycles. The summed E-state index contributed by atoms with van der Waals surface area (Å²) in [7, 11) is 0. The van der Waals surface area contributed by atoms with Gasteiger partial charge in [-0.05, 0) is 36.6 Å². The molecule has 0 radical (unpaired) electrons. The molecule has 2 aromatic rings. The maximum atomic E-state index is 13.2. The molecule has 1 amide bonds. The summed E-state index contributed by atoms with van der Waals surface area (Å²) in [6.07, 6.45) is 5.73. The van der Waals surface area contributed by atoms with Crippen LogP contribution in [0.2, 0.25) is 10.0 Å². The quantitative estimate of drug-likeness (QED) is 0.656. The molecule has 1 fully saturated rings. The first-order chi connectivity index (χ1) is 11.6. The predicted octanol–water partition coefficient (Wildman–Crippen LogP) is 5.97. The van der Waals surface area contributed by atoms with Gasteiger partial charge in [-0.25, -0.2) is 0 Å². The standard InChI is InChI=1S/C20H21Cl2NO/c21-16-11-12-18(19(22)13-16)20(24)23(17-9-5-2-6-10-17)14-15-7-3-1-4-8-15/h1,3-4,7-8,11-13,17H,2,5-6,9-10,14H2. The van der Waals surface area contributed by atoms with Crippen LogP contribution >= 0.6 is 23.2 Å². The van der Waals surface area contributed by atoms with Gasteiger partial charge in [0.05, 0.1) is 10.6 Å². The van der Waals surface area contributed by atoms with E-state index in [9.17, 15) is 4.79 Å².